The van der Waals surface area contributed by atoms with Crippen LogP contribution in [0.1, 0.15) is 6.42 Å². The molecule has 0 saturated carbocycles. The van der Waals surface area contributed by atoms with E-state index in [2.05, 4.69) is 0 Å². The van der Waals surface area contributed by atoms with Gasteiger partial charge < -0.3 is 15.6 Å². The van der Waals surface area contributed by atoms with Gasteiger partial charge in [-0.2, -0.15) is 11.8 Å². The molecule has 0 saturated heterocycles. The number of carboxylic acids is 1. The molecule has 11 heavy (non-hydrogen) atoms. The summed E-state index contributed by atoms with van der Waals surface area (Å²) in [6.07, 6.45) is 2.28. The number of carboxylic acid groups (broad SMARTS) is 1. The molecule has 4 nitrogen and oxygen atoms in total. The molecular formula is C6H11NO3S. The number of hydrogen-bond donors (Lipinski definition) is 2. The normalized spacial score (nSPS) is 15.5. The molecule has 0 spiro atoms. The van der Waals surface area contributed by atoms with Crippen molar-refractivity contribution in [2.24, 2.45) is 5.73 Å². The standard InChI is InChI=1S/C6H11NO3S/c1-11-3-2-6(7,4-8)5(9)10/h4H,2-3,7H2,1H3,(H,9,10)/t6-/m0/s1. The summed E-state index contributed by atoms with van der Waals surface area (Å²) >= 11 is 1.46. The van der Waals surface area contributed by atoms with Gasteiger partial charge in [0, 0.05) is 0 Å². The maximum atomic E-state index is 10.4. The molecule has 0 unspecified atom stereocenters. The molecule has 0 fully saturated rings. The Labute approximate surface area is 69.1 Å². The van der Waals surface area contributed by atoms with Gasteiger partial charge in [0.1, 0.15) is 0 Å². The summed E-state index contributed by atoms with van der Waals surface area (Å²) in [6, 6.07) is 0. The van der Waals surface area contributed by atoms with Crippen molar-refractivity contribution in [1.29, 1.82) is 0 Å². The number of aldehydes is 1. The van der Waals surface area contributed by atoms with Gasteiger partial charge in [-0.1, -0.05) is 0 Å². The van der Waals surface area contributed by atoms with Crippen LogP contribution < -0.4 is 5.73 Å². The molecule has 0 rings (SSSR count). The Morgan fingerprint density at radius 3 is 2.64 bits per heavy atom. The first kappa shape index (κ1) is 10.4. The number of nitrogens with two attached hydrogens (primary N) is 1. The van der Waals surface area contributed by atoms with Crippen molar-refractivity contribution < 1.29 is 14.7 Å². The molecule has 0 aromatic carbocycles. The summed E-state index contributed by atoms with van der Waals surface area (Å²) in [5, 5.41) is 8.49. The minimum atomic E-state index is -1.69. The Bertz CT molecular complexity index is 162. The van der Waals surface area contributed by atoms with Crippen LogP contribution in [0.4, 0.5) is 0 Å². The van der Waals surface area contributed by atoms with Crippen molar-refractivity contribution in [3.05, 3.63) is 0 Å². The molecular weight excluding hydrogens is 166 g/mol. The first-order chi connectivity index (χ1) is 5.06. The summed E-state index contributed by atoms with van der Waals surface area (Å²) in [5.74, 6) is -0.691. The quantitative estimate of drug-likeness (QED) is 0.446. The van der Waals surface area contributed by atoms with Gasteiger partial charge in [-0.25, -0.2) is 4.79 Å². The molecule has 64 valence electrons. The molecule has 0 bridgehead atoms. The van der Waals surface area contributed by atoms with Crippen LogP contribution in [-0.2, 0) is 9.59 Å². The van der Waals surface area contributed by atoms with Crippen LogP contribution in [0.3, 0.4) is 0 Å². The fourth-order valence-electron chi connectivity index (χ4n) is 0.487. The fourth-order valence-corrected chi connectivity index (χ4v) is 1.03. The summed E-state index contributed by atoms with van der Waals surface area (Å²) < 4.78 is 0. The molecule has 5 heteroatoms. The van der Waals surface area contributed by atoms with Crippen LogP contribution >= 0.6 is 11.8 Å². The zero-order valence-electron chi connectivity index (χ0n) is 6.24. The summed E-state index contributed by atoms with van der Waals surface area (Å²) in [7, 11) is 0. The lowest BCUT2D eigenvalue weighted by molar-refractivity contribution is -0.145. The molecule has 0 aliphatic carbocycles. The van der Waals surface area contributed by atoms with Crippen molar-refractivity contribution in [1.82, 2.24) is 0 Å². The monoisotopic (exact) mass is 177 g/mol. The van der Waals surface area contributed by atoms with Crippen molar-refractivity contribution in [2.75, 3.05) is 12.0 Å². The Kier molecular flexibility index (Phi) is 4.14. The molecule has 0 aromatic heterocycles. The number of aliphatic carboxylic acids is 1. The van der Waals surface area contributed by atoms with E-state index in [4.69, 9.17) is 10.8 Å². The van der Waals surface area contributed by atoms with Crippen LogP contribution in [0.5, 0.6) is 0 Å². The van der Waals surface area contributed by atoms with Gasteiger partial charge in [-0.15, -0.1) is 0 Å². The molecule has 0 radical (unpaired) electrons. The first-order valence-electron chi connectivity index (χ1n) is 3.04. The predicted molar refractivity (Wildman–Crippen MR) is 43.6 cm³/mol. The SMILES string of the molecule is CSCC[C@](N)(C=O)C(=O)O. The van der Waals surface area contributed by atoms with Crippen LogP contribution in [-0.4, -0.2) is 34.9 Å². The van der Waals surface area contributed by atoms with Gasteiger partial charge >= 0.3 is 5.97 Å². The highest BCUT2D eigenvalue weighted by Crippen LogP contribution is 2.07. The van der Waals surface area contributed by atoms with E-state index in [0.29, 0.717) is 5.75 Å². The molecule has 1 atom stereocenters. The van der Waals surface area contributed by atoms with Gasteiger partial charge in [-0.3, -0.25) is 0 Å². The van der Waals surface area contributed by atoms with Crippen molar-refractivity contribution >= 4 is 24.0 Å². The molecule has 0 amide bonds. The lowest BCUT2D eigenvalue weighted by Gasteiger charge is -2.15. The predicted octanol–water partition coefficient (Wildman–Crippen LogP) is -0.280. The molecule has 0 aliphatic heterocycles. The van der Waals surface area contributed by atoms with Gasteiger partial charge in [0.2, 0.25) is 0 Å². The maximum Gasteiger partial charge on any atom is 0.331 e. The maximum absolute atomic E-state index is 10.4. The third-order valence-electron chi connectivity index (χ3n) is 1.33. The second-order valence-corrected chi connectivity index (χ2v) is 3.19. The van der Waals surface area contributed by atoms with Crippen molar-refractivity contribution in [2.45, 2.75) is 12.0 Å². The Balaban J connectivity index is 4.10. The topological polar surface area (TPSA) is 80.4 Å². The van der Waals surface area contributed by atoms with Gasteiger partial charge in [0.25, 0.3) is 0 Å². The summed E-state index contributed by atoms with van der Waals surface area (Å²) in [6.45, 7) is 0. The van der Waals surface area contributed by atoms with E-state index in [-0.39, 0.29) is 12.7 Å². The third kappa shape index (κ3) is 2.90. The van der Waals surface area contributed by atoms with Crippen LogP contribution in [0.25, 0.3) is 0 Å². The van der Waals surface area contributed by atoms with E-state index < -0.39 is 11.5 Å². The van der Waals surface area contributed by atoms with E-state index in [1.807, 2.05) is 6.26 Å². The highest BCUT2D eigenvalue weighted by atomic mass is 32.2. The Hall–Kier alpha value is -0.550. The fraction of sp³-hybridized carbons (Fsp3) is 0.667. The van der Waals surface area contributed by atoms with Crippen molar-refractivity contribution in [3.63, 3.8) is 0 Å². The van der Waals surface area contributed by atoms with Gasteiger partial charge in [-0.05, 0) is 18.4 Å². The first-order valence-corrected chi connectivity index (χ1v) is 4.44. The minimum Gasteiger partial charge on any atom is -0.480 e. The number of carbonyl (C=O) groups excluding carboxylic acids is 1. The second-order valence-electron chi connectivity index (χ2n) is 2.21. The molecule has 3 N–H and O–H groups in total. The average molecular weight is 177 g/mol. The summed E-state index contributed by atoms with van der Waals surface area (Å²) in [5.41, 5.74) is 3.55. The van der Waals surface area contributed by atoms with E-state index >= 15 is 0 Å². The smallest absolute Gasteiger partial charge is 0.331 e. The number of thioether (sulfide) groups is 1. The zero-order valence-corrected chi connectivity index (χ0v) is 7.06. The van der Waals surface area contributed by atoms with Crippen LogP contribution in [0.2, 0.25) is 0 Å². The lowest BCUT2D eigenvalue weighted by Crippen LogP contribution is -2.50. The van der Waals surface area contributed by atoms with E-state index in [9.17, 15) is 9.59 Å². The number of carbonyl (C=O) groups is 2. The molecule has 0 aromatic rings. The zero-order chi connectivity index (χ0) is 8.91. The van der Waals surface area contributed by atoms with Gasteiger partial charge in [0.15, 0.2) is 11.8 Å². The largest absolute Gasteiger partial charge is 0.480 e. The van der Waals surface area contributed by atoms with E-state index in [0.717, 1.165) is 0 Å². The Morgan fingerprint density at radius 1 is 1.82 bits per heavy atom. The van der Waals surface area contributed by atoms with Gasteiger partial charge in [0.05, 0.1) is 0 Å². The highest BCUT2D eigenvalue weighted by Gasteiger charge is 2.32. The van der Waals surface area contributed by atoms with E-state index in [1.54, 1.807) is 0 Å². The molecule has 0 heterocycles. The molecule has 0 aliphatic rings. The minimum absolute atomic E-state index is 0.174. The second kappa shape index (κ2) is 4.35. The third-order valence-corrected chi connectivity index (χ3v) is 1.94. The highest BCUT2D eigenvalue weighted by molar-refractivity contribution is 7.98. The van der Waals surface area contributed by atoms with E-state index in [1.165, 1.54) is 11.8 Å². The number of hydrogen-bond acceptors (Lipinski definition) is 4. The Morgan fingerprint density at radius 2 is 2.36 bits per heavy atom. The van der Waals surface area contributed by atoms with Crippen LogP contribution in [0, 0.1) is 0 Å². The van der Waals surface area contributed by atoms with Crippen LogP contribution in [0.15, 0.2) is 0 Å². The summed E-state index contributed by atoms with van der Waals surface area (Å²) in [4.78, 5) is 20.7. The average Bonchev–Trinajstić information content (AvgIpc) is 2.00. The lowest BCUT2D eigenvalue weighted by atomic mass is 10.0. The number of rotatable bonds is 5. The van der Waals surface area contributed by atoms with Crippen molar-refractivity contribution in [3.8, 4) is 0 Å².